The quantitative estimate of drug-likeness (QED) is 0.266. The van der Waals surface area contributed by atoms with Crippen molar-refractivity contribution in [1.29, 1.82) is 0 Å². The number of hydrogen-bond acceptors (Lipinski definition) is 3. The van der Waals surface area contributed by atoms with E-state index in [-0.39, 0.29) is 11.0 Å². The van der Waals surface area contributed by atoms with Gasteiger partial charge in [-0.3, -0.25) is 4.79 Å². The number of esters is 1. The van der Waals surface area contributed by atoms with Gasteiger partial charge in [0.15, 0.2) is 0 Å². The lowest BCUT2D eigenvalue weighted by Gasteiger charge is -2.43. The van der Waals surface area contributed by atoms with Crippen molar-refractivity contribution in [3.05, 3.63) is 72.3 Å². The molecule has 4 heteroatoms. The van der Waals surface area contributed by atoms with Crippen LogP contribution in [0.25, 0.3) is 0 Å². The third kappa shape index (κ3) is 5.06. The Balaban J connectivity index is 1.72. The van der Waals surface area contributed by atoms with Gasteiger partial charge >= 0.3 is 5.97 Å². The lowest BCUT2D eigenvalue weighted by molar-refractivity contribution is -0.141. The monoisotopic (exact) mass is 408 g/mol. The van der Waals surface area contributed by atoms with Crippen LogP contribution in [-0.2, 0) is 14.0 Å². The van der Waals surface area contributed by atoms with E-state index in [0.29, 0.717) is 12.5 Å². The molecule has 0 bridgehead atoms. The van der Waals surface area contributed by atoms with Gasteiger partial charge in [-0.1, -0.05) is 93.1 Å². The standard InChI is InChI=1S/C25H32O3Si/c1-20(26)27-19-22-18-21(22)12-11-17-28-29(25(2,3)4,23-13-7-5-8-14-23)24-15-9-6-10-16-24/h5-10,13-16,18,22H,11-12,17,19H2,1-4H3. The average Bonchev–Trinajstić information content (AvgIpc) is 3.45. The number of carbonyl (C=O) groups is 1. The first kappa shape index (κ1) is 21.5. The molecule has 0 saturated heterocycles. The van der Waals surface area contributed by atoms with Gasteiger partial charge in [0, 0.05) is 19.4 Å². The molecule has 0 amide bonds. The van der Waals surface area contributed by atoms with E-state index in [9.17, 15) is 4.79 Å². The SMILES string of the molecule is CC(=O)OCC1C=C1CCCO[Si](c1ccccc1)(c1ccccc1)C(C)(C)C. The van der Waals surface area contributed by atoms with E-state index in [1.54, 1.807) is 0 Å². The molecule has 29 heavy (non-hydrogen) atoms. The van der Waals surface area contributed by atoms with E-state index in [0.717, 1.165) is 19.4 Å². The lowest BCUT2D eigenvalue weighted by Crippen LogP contribution is -2.66. The minimum Gasteiger partial charge on any atom is -0.465 e. The smallest absolute Gasteiger partial charge is 0.302 e. The molecule has 1 atom stereocenters. The van der Waals surface area contributed by atoms with Gasteiger partial charge in [0.25, 0.3) is 8.32 Å². The van der Waals surface area contributed by atoms with Gasteiger partial charge in [-0.05, 0) is 28.3 Å². The molecule has 2 aromatic carbocycles. The number of benzene rings is 2. The summed E-state index contributed by atoms with van der Waals surface area (Å²) < 4.78 is 12.0. The maximum atomic E-state index is 11.0. The molecule has 1 aliphatic rings. The first-order chi connectivity index (χ1) is 13.8. The highest BCUT2D eigenvalue weighted by atomic mass is 28.4. The Morgan fingerprint density at radius 2 is 1.52 bits per heavy atom. The Kier molecular flexibility index (Phi) is 6.76. The molecule has 0 spiro atoms. The van der Waals surface area contributed by atoms with Crippen molar-refractivity contribution in [2.24, 2.45) is 5.92 Å². The van der Waals surface area contributed by atoms with E-state index in [4.69, 9.17) is 9.16 Å². The predicted octanol–water partition coefficient (Wildman–Crippen LogP) is 4.46. The maximum absolute atomic E-state index is 11.0. The fraction of sp³-hybridized carbons (Fsp3) is 0.400. The number of rotatable bonds is 9. The van der Waals surface area contributed by atoms with Crippen molar-refractivity contribution in [2.75, 3.05) is 13.2 Å². The fourth-order valence-corrected chi connectivity index (χ4v) is 8.71. The second kappa shape index (κ2) is 9.10. The van der Waals surface area contributed by atoms with Crippen LogP contribution in [-0.4, -0.2) is 27.5 Å². The van der Waals surface area contributed by atoms with E-state index in [1.165, 1.54) is 22.9 Å². The maximum Gasteiger partial charge on any atom is 0.302 e. The van der Waals surface area contributed by atoms with Crippen LogP contribution in [0.4, 0.5) is 0 Å². The van der Waals surface area contributed by atoms with Crippen molar-refractivity contribution >= 4 is 24.7 Å². The fourth-order valence-electron chi connectivity index (χ4n) is 4.10. The zero-order valence-electron chi connectivity index (χ0n) is 18.0. The highest BCUT2D eigenvalue weighted by Crippen LogP contribution is 2.37. The van der Waals surface area contributed by atoms with Crippen molar-refractivity contribution in [2.45, 2.75) is 45.6 Å². The van der Waals surface area contributed by atoms with Crippen LogP contribution in [0.5, 0.6) is 0 Å². The van der Waals surface area contributed by atoms with Gasteiger partial charge in [0.1, 0.15) is 6.61 Å². The minimum atomic E-state index is -2.44. The molecule has 0 aliphatic heterocycles. The summed E-state index contributed by atoms with van der Waals surface area (Å²) in [5.74, 6) is 0.131. The van der Waals surface area contributed by atoms with Gasteiger partial charge in [0.05, 0.1) is 0 Å². The normalized spacial score (nSPS) is 16.3. The third-order valence-corrected chi connectivity index (χ3v) is 10.6. The molecular formula is C25H32O3Si. The van der Waals surface area contributed by atoms with Crippen molar-refractivity contribution in [1.82, 2.24) is 0 Å². The molecule has 0 heterocycles. The van der Waals surface area contributed by atoms with Crippen molar-refractivity contribution in [3.8, 4) is 0 Å². The van der Waals surface area contributed by atoms with Crippen LogP contribution >= 0.6 is 0 Å². The summed E-state index contributed by atoms with van der Waals surface area (Å²) in [6.45, 7) is 9.58. The lowest BCUT2D eigenvalue weighted by atomic mass is 10.2. The van der Waals surface area contributed by atoms with Crippen LogP contribution in [0.15, 0.2) is 72.3 Å². The van der Waals surface area contributed by atoms with E-state index in [2.05, 4.69) is 87.5 Å². The van der Waals surface area contributed by atoms with Crippen molar-refractivity contribution < 1.29 is 14.0 Å². The summed E-state index contributed by atoms with van der Waals surface area (Å²) in [5, 5.41) is 2.64. The van der Waals surface area contributed by atoms with Gasteiger partial charge in [-0.2, -0.15) is 0 Å². The molecule has 0 fully saturated rings. The average molecular weight is 409 g/mol. The Morgan fingerprint density at radius 1 is 0.966 bits per heavy atom. The van der Waals surface area contributed by atoms with Gasteiger partial charge < -0.3 is 9.16 Å². The van der Waals surface area contributed by atoms with Crippen LogP contribution < -0.4 is 10.4 Å². The summed E-state index contributed by atoms with van der Waals surface area (Å²) in [5.41, 5.74) is 1.39. The van der Waals surface area contributed by atoms with Crippen molar-refractivity contribution in [3.63, 3.8) is 0 Å². The molecule has 0 N–H and O–H groups in total. The molecule has 0 radical (unpaired) electrons. The van der Waals surface area contributed by atoms with Gasteiger partial charge in [0.2, 0.25) is 0 Å². The van der Waals surface area contributed by atoms with E-state index < -0.39 is 8.32 Å². The highest BCUT2D eigenvalue weighted by molar-refractivity contribution is 6.99. The molecule has 1 aliphatic carbocycles. The van der Waals surface area contributed by atoms with Crippen LogP contribution in [0.2, 0.25) is 5.04 Å². The summed E-state index contributed by atoms with van der Waals surface area (Å²) >= 11 is 0. The minimum absolute atomic E-state index is 0.00637. The Morgan fingerprint density at radius 3 is 2.00 bits per heavy atom. The predicted molar refractivity (Wildman–Crippen MR) is 121 cm³/mol. The molecule has 1 unspecified atom stereocenters. The summed E-state index contributed by atoms with van der Waals surface area (Å²) in [4.78, 5) is 11.0. The van der Waals surface area contributed by atoms with E-state index >= 15 is 0 Å². The van der Waals surface area contributed by atoms with Gasteiger partial charge in [-0.25, -0.2) is 0 Å². The van der Waals surface area contributed by atoms with Crippen LogP contribution in [0, 0.1) is 5.92 Å². The van der Waals surface area contributed by atoms with Gasteiger partial charge in [-0.15, -0.1) is 0 Å². The second-order valence-electron chi connectivity index (χ2n) is 8.77. The number of carbonyl (C=O) groups excluding carboxylic acids is 1. The Labute approximate surface area is 175 Å². The number of ether oxygens (including phenoxy) is 1. The molecule has 0 aromatic heterocycles. The Hall–Kier alpha value is -2.17. The molecule has 3 rings (SSSR count). The topological polar surface area (TPSA) is 35.5 Å². The summed E-state index contributed by atoms with van der Waals surface area (Å²) in [6, 6.07) is 21.5. The second-order valence-corrected chi connectivity index (χ2v) is 13.1. The first-order valence-electron chi connectivity index (χ1n) is 10.4. The zero-order chi connectivity index (χ0) is 20.9. The largest absolute Gasteiger partial charge is 0.465 e. The molecule has 2 aromatic rings. The van der Waals surface area contributed by atoms with Crippen LogP contribution in [0.3, 0.4) is 0 Å². The van der Waals surface area contributed by atoms with E-state index in [1.807, 2.05) is 0 Å². The molecule has 0 saturated carbocycles. The first-order valence-corrected chi connectivity index (χ1v) is 12.3. The Bertz CT molecular complexity index is 798. The highest BCUT2D eigenvalue weighted by Gasteiger charge is 2.49. The summed E-state index contributed by atoms with van der Waals surface area (Å²) in [6.07, 6.45) is 4.18. The zero-order valence-corrected chi connectivity index (χ0v) is 19.0. The third-order valence-electron chi connectivity index (χ3n) is 5.59. The molecule has 3 nitrogen and oxygen atoms in total. The molecular weight excluding hydrogens is 376 g/mol. The molecule has 154 valence electrons. The summed E-state index contributed by atoms with van der Waals surface area (Å²) in [7, 11) is -2.44. The number of hydrogen-bond donors (Lipinski definition) is 0. The van der Waals surface area contributed by atoms with Crippen LogP contribution in [0.1, 0.15) is 40.5 Å².